The van der Waals surface area contributed by atoms with Crippen molar-refractivity contribution in [3.05, 3.63) is 0 Å². The summed E-state index contributed by atoms with van der Waals surface area (Å²) in [4.78, 5) is 36.5. The van der Waals surface area contributed by atoms with Crippen LogP contribution in [0.5, 0.6) is 0 Å². The van der Waals surface area contributed by atoms with Crippen molar-refractivity contribution in [2.45, 2.75) is 58.3 Å². The van der Waals surface area contributed by atoms with E-state index in [1.165, 1.54) is 33.3 Å². The van der Waals surface area contributed by atoms with Crippen LogP contribution in [-0.4, -0.2) is 49.4 Å². The van der Waals surface area contributed by atoms with E-state index in [1.54, 1.807) is 4.90 Å². The van der Waals surface area contributed by atoms with E-state index in [4.69, 9.17) is 0 Å². The van der Waals surface area contributed by atoms with Crippen molar-refractivity contribution < 1.29 is 19.1 Å². The largest absolute Gasteiger partial charge is 0.469 e. The Labute approximate surface area is 138 Å². The quantitative estimate of drug-likeness (QED) is 0.518. The molecule has 1 rings (SSSR count). The molecule has 132 valence electrons. The molecule has 1 fully saturated rings. The minimum Gasteiger partial charge on any atom is -0.469 e. The molecule has 0 spiro atoms. The molecule has 6 heteroatoms. The fraction of sp³-hybridized carbons (Fsp3) is 0.824. The predicted octanol–water partition coefficient (Wildman–Crippen LogP) is 1.87. The lowest BCUT2D eigenvalue weighted by molar-refractivity contribution is -0.142. The SMILES string of the molecule is COC(=O)CCN(CCCNC(C)=O)C(=O)CC1CCCCC1. The number of hydrogen-bond acceptors (Lipinski definition) is 4. The van der Waals surface area contributed by atoms with E-state index in [2.05, 4.69) is 10.1 Å². The third-order valence-corrected chi connectivity index (χ3v) is 4.33. The Bertz CT molecular complexity index is 392. The fourth-order valence-corrected chi connectivity index (χ4v) is 2.99. The van der Waals surface area contributed by atoms with Crippen LogP contribution in [0, 0.1) is 5.92 Å². The highest BCUT2D eigenvalue weighted by molar-refractivity contribution is 5.77. The first-order valence-electron chi connectivity index (χ1n) is 8.62. The molecule has 1 aliphatic carbocycles. The van der Waals surface area contributed by atoms with Crippen LogP contribution in [0.15, 0.2) is 0 Å². The Hall–Kier alpha value is -1.59. The summed E-state index contributed by atoms with van der Waals surface area (Å²) in [5, 5.41) is 2.73. The summed E-state index contributed by atoms with van der Waals surface area (Å²) in [5.41, 5.74) is 0. The number of nitrogens with zero attached hydrogens (tertiary/aromatic N) is 1. The Morgan fingerprint density at radius 1 is 1.13 bits per heavy atom. The number of nitrogens with one attached hydrogen (secondary N) is 1. The van der Waals surface area contributed by atoms with Crippen molar-refractivity contribution >= 4 is 17.8 Å². The number of methoxy groups -OCH3 is 1. The minimum atomic E-state index is -0.303. The van der Waals surface area contributed by atoms with Crippen LogP contribution in [0.4, 0.5) is 0 Å². The molecular weight excluding hydrogens is 296 g/mol. The number of rotatable bonds is 9. The second-order valence-corrected chi connectivity index (χ2v) is 6.25. The zero-order valence-electron chi connectivity index (χ0n) is 14.4. The van der Waals surface area contributed by atoms with Crippen molar-refractivity contribution in [2.24, 2.45) is 5.92 Å². The number of esters is 1. The molecular formula is C17H30N2O4. The van der Waals surface area contributed by atoms with E-state index in [0.717, 1.165) is 12.8 Å². The topological polar surface area (TPSA) is 75.7 Å². The van der Waals surface area contributed by atoms with Gasteiger partial charge in [0.15, 0.2) is 0 Å². The summed E-state index contributed by atoms with van der Waals surface area (Å²) in [6.45, 7) is 2.96. The maximum Gasteiger partial charge on any atom is 0.307 e. The summed E-state index contributed by atoms with van der Waals surface area (Å²) in [7, 11) is 1.35. The Balaban J connectivity index is 2.44. The Kier molecular flexibility index (Phi) is 9.33. The van der Waals surface area contributed by atoms with Gasteiger partial charge >= 0.3 is 5.97 Å². The molecule has 0 saturated heterocycles. The Morgan fingerprint density at radius 2 is 1.83 bits per heavy atom. The second-order valence-electron chi connectivity index (χ2n) is 6.25. The van der Waals surface area contributed by atoms with E-state index < -0.39 is 0 Å². The molecule has 1 aliphatic rings. The van der Waals surface area contributed by atoms with Gasteiger partial charge in [0.2, 0.25) is 11.8 Å². The highest BCUT2D eigenvalue weighted by Crippen LogP contribution is 2.26. The first-order chi connectivity index (χ1) is 11.0. The number of hydrogen-bond donors (Lipinski definition) is 1. The van der Waals surface area contributed by atoms with Gasteiger partial charge in [-0.05, 0) is 25.2 Å². The molecule has 0 unspecified atom stereocenters. The number of carbonyl (C=O) groups is 3. The molecule has 2 amide bonds. The number of amides is 2. The molecule has 6 nitrogen and oxygen atoms in total. The van der Waals surface area contributed by atoms with E-state index >= 15 is 0 Å². The maximum absolute atomic E-state index is 12.5. The van der Waals surface area contributed by atoms with Gasteiger partial charge in [0.1, 0.15) is 0 Å². The summed E-state index contributed by atoms with van der Waals surface area (Å²) >= 11 is 0. The van der Waals surface area contributed by atoms with Gasteiger partial charge in [-0.25, -0.2) is 0 Å². The van der Waals surface area contributed by atoms with Crippen LogP contribution in [0.25, 0.3) is 0 Å². The normalized spacial score (nSPS) is 15.0. The van der Waals surface area contributed by atoms with Crippen molar-refractivity contribution in [3.63, 3.8) is 0 Å². The minimum absolute atomic E-state index is 0.0698. The molecule has 0 bridgehead atoms. The van der Waals surface area contributed by atoms with Crippen LogP contribution < -0.4 is 5.32 Å². The van der Waals surface area contributed by atoms with Crippen LogP contribution in [0.1, 0.15) is 58.3 Å². The van der Waals surface area contributed by atoms with Crippen LogP contribution in [-0.2, 0) is 19.1 Å². The van der Waals surface area contributed by atoms with E-state index in [0.29, 0.717) is 38.4 Å². The van der Waals surface area contributed by atoms with Crippen LogP contribution >= 0.6 is 0 Å². The zero-order chi connectivity index (χ0) is 17.1. The highest BCUT2D eigenvalue weighted by atomic mass is 16.5. The van der Waals surface area contributed by atoms with Gasteiger partial charge in [0.25, 0.3) is 0 Å². The predicted molar refractivity (Wildman–Crippen MR) is 87.7 cm³/mol. The van der Waals surface area contributed by atoms with Gasteiger partial charge in [0.05, 0.1) is 13.5 Å². The molecule has 0 aromatic rings. The maximum atomic E-state index is 12.5. The smallest absolute Gasteiger partial charge is 0.307 e. The lowest BCUT2D eigenvalue weighted by atomic mass is 9.86. The van der Waals surface area contributed by atoms with Crippen molar-refractivity contribution in [2.75, 3.05) is 26.7 Å². The van der Waals surface area contributed by atoms with Crippen molar-refractivity contribution in [1.29, 1.82) is 0 Å². The second kappa shape index (κ2) is 11.0. The van der Waals surface area contributed by atoms with Gasteiger partial charge in [-0.1, -0.05) is 19.3 Å². The van der Waals surface area contributed by atoms with Gasteiger partial charge in [-0.15, -0.1) is 0 Å². The molecule has 1 saturated carbocycles. The fourth-order valence-electron chi connectivity index (χ4n) is 2.99. The lowest BCUT2D eigenvalue weighted by Crippen LogP contribution is -2.36. The zero-order valence-corrected chi connectivity index (χ0v) is 14.4. The molecule has 0 heterocycles. The van der Waals surface area contributed by atoms with Crippen LogP contribution in [0.2, 0.25) is 0 Å². The monoisotopic (exact) mass is 326 g/mol. The molecule has 0 aliphatic heterocycles. The van der Waals surface area contributed by atoms with Crippen LogP contribution in [0.3, 0.4) is 0 Å². The van der Waals surface area contributed by atoms with Gasteiger partial charge < -0.3 is 15.0 Å². The van der Waals surface area contributed by atoms with E-state index in [1.807, 2.05) is 0 Å². The average Bonchev–Trinajstić information content (AvgIpc) is 2.54. The standard InChI is InChI=1S/C17H30N2O4/c1-14(20)18-10-6-11-19(12-9-17(22)23-2)16(21)13-15-7-4-3-5-8-15/h15H,3-13H2,1-2H3,(H,18,20). The van der Waals surface area contributed by atoms with E-state index in [9.17, 15) is 14.4 Å². The number of ether oxygens (including phenoxy) is 1. The molecule has 0 aromatic carbocycles. The van der Waals surface area contributed by atoms with Gasteiger partial charge in [-0.2, -0.15) is 0 Å². The third kappa shape index (κ3) is 8.57. The summed E-state index contributed by atoms with van der Waals surface area (Å²) < 4.78 is 4.65. The Morgan fingerprint density at radius 3 is 2.43 bits per heavy atom. The first kappa shape index (κ1) is 19.5. The van der Waals surface area contributed by atoms with Crippen molar-refractivity contribution in [3.8, 4) is 0 Å². The highest BCUT2D eigenvalue weighted by Gasteiger charge is 2.21. The lowest BCUT2D eigenvalue weighted by Gasteiger charge is -2.27. The van der Waals surface area contributed by atoms with Crippen molar-refractivity contribution in [1.82, 2.24) is 10.2 Å². The molecule has 23 heavy (non-hydrogen) atoms. The summed E-state index contributed by atoms with van der Waals surface area (Å²) in [6, 6.07) is 0. The van der Waals surface area contributed by atoms with Gasteiger partial charge in [0, 0.05) is 33.0 Å². The summed E-state index contributed by atoms with van der Waals surface area (Å²) in [6.07, 6.45) is 7.43. The molecule has 0 atom stereocenters. The van der Waals surface area contributed by atoms with E-state index in [-0.39, 0.29) is 24.2 Å². The molecule has 1 N–H and O–H groups in total. The average molecular weight is 326 g/mol. The first-order valence-corrected chi connectivity index (χ1v) is 8.62. The molecule has 0 aromatic heterocycles. The third-order valence-electron chi connectivity index (χ3n) is 4.33. The molecule has 0 radical (unpaired) electrons. The van der Waals surface area contributed by atoms with Gasteiger partial charge in [-0.3, -0.25) is 14.4 Å². The number of carbonyl (C=O) groups excluding carboxylic acids is 3. The summed E-state index contributed by atoms with van der Waals surface area (Å²) in [5.74, 6) is 0.220.